The number of aryl methyl sites for hydroxylation is 1. The summed E-state index contributed by atoms with van der Waals surface area (Å²) < 4.78 is 15.6. The number of ether oxygens (including phenoxy) is 1. The van der Waals surface area contributed by atoms with Gasteiger partial charge < -0.3 is 34.8 Å². The van der Waals surface area contributed by atoms with Crippen molar-refractivity contribution in [3.8, 4) is 5.75 Å². The second kappa shape index (κ2) is 18.2. The predicted molar refractivity (Wildman–Crippen MR) is 180 cm³/mol. The Balaban J connectivity index is 2.22. The number of primary amides is 1. The van der Waals surface area contributed by atoms with Crippen molar-refractivity contribution in [2.24, 2.45) is 17.1 Å². The fraction of sp³-hybridized carbons (Fsp3) is 0.629. The summed E-state index contributed by atoms with van der Waals surface area (Å²) in [6, 6.07) is 5.64. The highest BCUT2D eigenvalue weighted by Gasteiger charge is 2.38. The molecule has 0 saturated carbocycles. The van der Waals surface area contributed by atoms with Gasteiger partial charge in [-0.1, -0.05) is 58.2 Å². The Labute approximate surface area is 278 Å². The maximum Gasteiger partial charge on any atom is 0.519 e. The van der Waals surface area contributed by atoms with E-state index in [4.69, 9.17) is 19.3 Å². The van der Waals surface area contributed by atoms with Crippen LogP contribution >= 0.6 is 0 Å². The van der Waals surface area contributed by atoms with Crippen LogP contribution in [0, 0.1) is 18.3 Å². The van der Waals surface area contributed by atoms with E-state index in [2.05, 4.69) is 29.5 Å². The quantitative estimate of drug-likeness (QED) is 0.0616. The summed E-state index contributed by atoms with van der Waals surface area (Å²) >= 11 is 0. The van der Waals surface area contributed by atoms with E-state index in [0.717, 1.165) is 24.8 Å². The second-order valence-electron chi connectivity index (χ2n) is 13.4. The van der Waals surface area contributed by atoms with Crippen molar-refractivity contribution >= 4 is 11.8 Å². The first kappa shape index (κ1) is 39.7. The number of carbonyl (C=O) groups excluding carboxylic acids is 2. The van der Waals surface area contributed by atoms with Crippen molar-refractivity contribution in [2.45, 2.75) is 130 Å². The first-order valence-electron chi connectivity index (χ1n) is 16.5. The van der Waals surface area contributed by atoms with Crippen LogP contribution < -0.4 is 32.2 Å². The first-order chi connectivity index (χ1) is 22.0. The van der Waals surface area contributed by atoms with E-state index in [1.807, 2.05) is 39.8 Å². The third kappa shape index (κ3) is 12.6. The average Bonchev–Trinajstić information content (AvgIpc) is 3.34. The Bertz CT molecular complexity index is 1340. The lowest BCUT2D eigenvalue weighted by atomic mass is 9.77. The van der Waals surface area contributed by atoms with Crippen LogP contribution in [0.25, 0.3) is 0 Å². The maximum atomic E-state index is 13.9. The summed E-state index contributed by atoms with van der Waals surface area (Å²) in [6.07, 6.45) is 3.93. The van der Waals surface area contributed by atoms with Gasteiger partial charge in [0.05, 0.1) is 17.5 Å². The third-order valence-electron chi connectivity index (χ3n) is 8.63. The number of aliphatic hydroxyl groups excluding tert-OH is 2. The fourth-order valence-corrected chi connectivity index (χ4v) is 5.51. The molecule has 0 aliphatic rings. The molecule has 1 heterocycles. The molecule has 2 aromatic rings. The Kier molecular flexibility index (Phi) is 15.4. The highest BCUT2D eigenvalue weighted by atomic mass is 16.6. The molecule has 1 aromatic carbocycles. The maximum absolute atomic E-state index is 13.9. The lowest BCUT2D eigenvalue weighted by molar-refractivity contribution is -0.127. The molecule has 264 valence electrons. The van der Waals surface area contributed by atoms with Crippen molar-refractivity contribution < 1.29 is 33.4 Å². The first-order valence-corrected chi connectivity index (χ1v) is 16.5. The third-order valence-corrected chi connectivity index (χ3v) is 8.63. The molecular formula is C35H56N4O8. The molecule has 0 aliphatic carbocycles. The standard InChI is InChI=1S/C35H56N4O8/c1-9-12-13-14-28(40)37-26(19-24-15-17-25(18-16-24)45-20-27-23(5)46-33(44)47-27)30(41)38-29(22(4)10-2)31(42)39-34(6,7)21-35(8,11-3)32(36)43/h11,15-18,22,26,28-29,31,37,39-40,42H,3,9-10,12-14,19-21H2,1-2,4-8H3,(H2,36,43)(H,38,41). The van der Waals surface area contributed by atoms with E-state index < -0.39 is 47.2 Å². The van der Waals surface area contributed by atoms with Crippen molar-refractivity contribution in [3.63, 3.8) is 0 Å². The van der Waals surface area contributed by atoms with Gasteiger partial charge in [-0.2, -0.15) is 0 Å². The van der Waals surface area contributed by atoms with Crippen LogP contribution in [-0.4, -0.2) is 52.1 Å². The minimum Gasteiger partial charge on any atom is -0.486 e. The van der Waals surface area contributed by atoms with E-state index in [1.165, 1.54) is 6.08 Å². The molecule has 7 N–H and O–H groups in total. The number of nitrogens with two attached hydrogens (primary N) is 1. The summed E-state index contributed by atoms with van der Waals surface area (Å²) in [7, 11) is 0. The highest BCUT2D eigenvalue weighted by Crippen LogP contribution is 2.30. The van der Waals surface area contributed by atoms with E-state index >= 15 is 0 Å². The molecule has 0 fully saturated rings. The smallest absolute Gasteiger partial charge is 0.486 e. The number of rotatable bonds is 22. The number of amides is 2. The Morgan fingerprint density at radius 3 is 2.30 bits per heavy atom. The average molecular weight is 661 g/mol. The molecule has 0 bridgehead atoms. The van der Waals surface area contributed by atoms with Gasteiger partial charge in [0.1, 0.15) is 24.8 Å². The largest absolute Gasteiger partial charge is 0.519 e. The Morgan fingerprint density at radius 1 is 1.11 bits per heavy atom. The molecule has 0 spiro atoms. The number of carbonyl (C=O) groups is 2. The molecule has 47 heavy (non-hydrogen) atoms. The zero-order valence-electron chi connectivity index (χ0n) is 29.1. The van der Waals surface area contributed by atoms with E-state index in [-0.39, 0.29) is 31.3 Å². The van der Waals surface area contributed by atoms with Crippen molar-refractivity contribution in [3.05, 3.63) is 64.6 Å². The van der Waals surface area contributed by atoms with E-state index in [1.54, 1.807) is 26.0 Å². The molecule has 6 unspecified atom stereocenters. The van der Waals surface area contributed by atoms with Crippen LogP contribution in [0.3, 0.4) is 0 Å². The van der Waals surface area contributed by atoms with Crippen molar-refractivity contribution in [1.29, 1.82) is 0 Å². The Morgan fingerprint density at radius 2 is 1.77 bits per heavy atom. The summed E-state index contributed by atoms with van der Waals surface area (Å²) in [5, 5.41) is 31.5. The van der Waals surface area contributed by atoms with Crippen LogP contribution in [0.1, 0.15) is 97.2 Å². The summed E-state index contributed by atoms with van der Waals surface area (Å²) in [5.74, 6) is -0.609. The monoisotopic (exact) mass is 660 g/mol. The molecule has 0 radical (unpaired) electrons. The van der Waals surface area contributed by atoms with E-state index in [9.17, 15) is 24.6 Å². The molecular weight excluding hydrogens is 604 g/mol. The Hall–Kier alpha value is -3.45. The van der Waals surface area contributed by atoms with E-state index in [0.29, 0.717) is 30.1 Å². The lowest BCUT2D eigenvalue weighted by Gasteiger charge is -2.39. The number of hydrogen-bond acceptors (Lipinski definition) is 10. The number of aliphatic hydroxyl groups is 2. The molecule has 2 amide bonds. The van der Waals surface area contributed by atoms with Crippen LogP contribution in [0.15, 0.2) is 50.5 Å². The number of benzene rings is 1. The number of unbranched alkanes of at least 4 members (excludes halogenated alkanes) is 2. The van der Waals surface area contributed by atoms with Gasteiger partial charge in [-0.15, -0.1) is 6.58 Å². The van der Waals surface area contributed by atoms with Gasteiger partial charge in [0.15, 0.2) is 11.5 Å². The molecule has 1 aromatic heterocycles. The van der Waals surface area contributed by atoms with Gasteiger partial charge >= 0.3 is 5.82 Å². The molecule has 6 atom stereocenters. The normalized spacial score (nSPS) is 16.4. The van der Waals surface area contributed by atoms with Gasteiger partial charge in [0.2, 0.25) is 11.8 Å². The summed E-state index contributed by atoms with van der Waals surface area (Å²) in [4.78, 5) is 37.3. The van der Waals surface area contributed by atoms with Crippen LogP contribution in [0.4, 0.5) is 0 Å². The van der Waals surface area contributed by atoms with Gasteiger partial charge in [-0.25, -0.2) is 4.79 Å². The lowest BCUT2D eigenvalue weighted by Crippen LogP contribution is -2.62. The molecule has 2 rings (SSSR count). The van der Waals surface area contributed by atoms with Gasteiger partial charge in [0, 0.05) is 5.54 Å². The van der Waals surface area contributed by atoms with Crippen LogP contribution in [-0.2, 0) is 22.6 Å². The highest BCUT2D eigenvalue weighted by molar-refractivity contribution is 5.83. The number of hydrogen-bond donors (Lipinski definition) is 6. The minimum absolute atomic E-state index is 0.0208. The SMILES string of the molecule is C=CC(C)(CC(C)(C)NC(O)C(NC(=O)C(Cc1ccc(OCc2oc(=O)oc2C)cc1)NC(O)CCCCC)C(C)CC)C(N)=O. The molecule has 12 heteroatoms. The molecule has 0 aliphatic heterocycles. The van der Waals surface area contributed by atoms with Crippen LogP contribution in [0.2, 0.25) is 0 Å². The van der Waals surface area contributed by atoms with Gasteiger partial charge in [-0.05, 0) is 77.0 Å². The zero-order chi connectivity index (χ0) is 35.4. The van der Waals surface area contributed by atoms with Gasteiger partial charge in [0.25, 0.3) is 0 Å². The fourth-order valence-electron chi connectivity index (χ4n) is 5.51. The topological polar surface area (TPSA) is 189 Å². The predicted octanol–water partition coefficient (Wildman–Crippen LogP) is 3.80. The zero-order valence-corrected chi connectivity index (χ0v) is 29.1. The minimum atomic E-state index is -1.15. The van der Waals surface area contributed by atoms with Crippen molar-refractivity contribution in [1.82, 2.24) is 16.0 Å². The van der Waals surface area contributed by atoms with Gasteiger partial charge in [-0.3, -0.25) is 20.2 Å². The number of nitrogens with one attached hydrogen (secondary N) is 3. The van der Waals surface area contributed by atoms with Crippen molar-refractivity contribution in [2.75, 3.05) is 0 Å². The summed E-state index contributed by atoms with van der Waals surface area (Å²) in [5.41, 5.74) is 4.70. The van der Waals surface area contributed by atoms with Crippen LogP contribution in [0.5, 0.6) is 5.75 Å². The summed E-state index contributed by atoms with van der Waals surface area (Å²) in [6.45, 7) is 16.8. The molecule has 12 nitrogen and oxygen atoms in total. The molecule has 0 saturated heterocycles. The second-order valence-corrected chi connectivity index (χ2v) is 13.4.